The third kappa shape index (κ3) is 3.11. The number of imide groups is 2. The van der Waals surface area contributed by atoms with Crippen LogP contribution in [-0.4, -0.2) is 62.4 Å². The first-order chi connectivity index (χ1) is 14.4. The van der Waals surface area contributed by atoms with E-state index in [1.54, 1.807) is 12.1 Å². The number of hydrogen-bond acceptors (Lipinski definition) is 7. The van der Waals surface area contributed by atoms with Crippen molar-refractivity contribution in [3.63, 3.8) is 0 Å². The second kappa shape index (κ2) is 7.47. The van der Waals surface area contributed by atoms with Gasteiger partial charge in [-0.25, -0.2) is 4.98 Å². The predicted octanol–water partition coefficient (Wildman–Crippen LogP) is 0.150. The number of nitrogens with zero attached hydrogens (tertiary/aromatic N) is 4. The lowest BCUT2D eigenvalue weighted by Gasteiger charge is -2.32. The third-order valence-electron chi connectivity index (χ3n) is 5.20. The van der Waals surface area contributed by atoms with E-state index < -0.39 is 29.7 Å². The van der Waals surface area contributed by atoms with E-state index in [0.717, 1.165) is 9.80 Å². The van der Waals surface area contributed by atoms with E-state index in [2.05, 4.69) is 15.3 Å². The van der Waals surface area contributed by atoms with Gasteiger partial charge in [0.05, 0.1) is 17.3 Å². The molecular formula is C20H17N5O5. The minimum absolute atomic E-state index is 0.0115. The van der Waals surface area contributed by atoms with Crippen molar-refractivity contribution < 1.29 is 24.0 Å². The van der Waals surface area contributed by atoms with Crippen LogP contribution in [0.4, 0.5) is 0 Å². The monoisotopic (exact) mass is 407 g/mol. The number of hydrogen-bond donors (Lipinski definition) is 1. The lowest BCUT2D eigenvalue weighted by atomic mass is 10.0. The minimum atomic E-state index is -1.03. The summed E-state index contributed by atoms with van der Waals surface area (Å²) in [7, 11) is 1.34. The molecule has 10 nitrogen and oxygen atoms in total. The summed E-state index contributed by atoms with van der Waals surface area (Å²) in [4.78, 5) is 72.1. The highest BCUT2D eigenvalue weighted by atomic mass is 16.2. The standard InChI is InChI=1S/C20H17N5O5/c1-24-15(26)6-5-14(19(24)29)25-18(28)12-4-2-3-11(16(12)20(25)30)9-23-17(27)13-10-21-7-8-22-13/h2-4,7-8,10,14H,5-6,9H2,1H3,(H,23,27). The maximum Gasteiger partial charge on any atom is 0.271 e. The molecule has 1 fully saturated rings. The van der Waals surface area contributed by atoms with Gasteiger partial charge in [-0.2, -0.15) is 0 Å². The molecule has 1 aromatic carbocycles. The Morgan fingerprint density at radius 2 is 1.97 bits per heavy atom. The lowest BCUT2D eigenvalue weighted by molar-refractivity contribution is -0.149. The van der Waals surface area contributed by atoms with E-state index in [-0.39, 0.29) is 42.1 Å². The molecule has 10 heteroatoms. The van der Waals surface area contributed by atoms with Crippen molar-refractivity contribution in [2.45, 2.75) is 25.4 Å². The number of rotatable bonds is 4. The zero-order chi connectivity index (χ0) is 21.4. The fourth-order valence-electron chi connectivity index (χ4n) is 3.62. The maximum absolute atomic E-state index is 13.1. The Kier molecular flexibility index (Phi) is 4.82. The van der Waals surface area contributed by atoms with E-state index in [0.29, 0.717) is 5.56 Å². The van der Waals surface area contributed by atoms with Gasteiger partial charge in [-0.05, 0) is 18.1 Å². The molecule has 2 aliphatic rings. The van der Waals surface area contributed by atoms with Crippen molar-refractivity contribution in [1.82, 2.24) is 25.1 Å². The molecule has 0 aliphatic carbocycles. The summed E-state index contributed by atoms with van der Waals surface area (Å²) in [5.41, 5.74) is 0.876. The SMILES string of the molecule is CN1C(=O)CCC(N2C(=O)c3cccc(CNC(=O)c4cnccn4)c3C2=O)C1=O. The van der Waals surface area contributed by atoms with Gasteiger partial charge in [-0.15, -0.1) is 0 Å². The molecule has 152 valence electrons. The number of amides is 5. The molecule has 2 aromatic rings. The van der Waals surface area contributed by atoms with Crippen LogP contribution < -0.4 is 5.32 Å². The molecule has 0 bridgehead atoms. The Hall–Kier alpha value is -3.95. The van der Waals surface area contributed by atoms with E-state index in [1.807, 2.05) is 0 Å². The van der Waals surface area contributed by atoms with Crippen molar-refractivity contribution in [1.29, 1.82) is 0 Å². The number of likely N-dealkylation sites (N-methyl/N-ethyl adjacent to an activating group) is 1. The van der Waals surface area contributed by atoms with Crippen molar-refractivity contribution >= 4 is 29.5 Å². The lowest BCUT2D eigenvalue weighted by Crippen LogP contribution is -2.54. The van der Waals surface area contributed by atoms with Crippen molar-refractivity contribution in [2.24, 2.45) is 0 Å². The Balaban J connectivity index is 1.58. The van der Waals surface area contributed by atoms with Crippen molar-refractivity contribution in [3.8, 4) is 0 Å². The first-order valence-corrected chi connectivity index (χ1v) is 9.24. The third-order valence-corrected chi connectivity index (χ3v) is 5.20. The molecule has 1 atom stereocenters. The van der Waals surface area contributed by atoms with Crippen LogP contribution in [-0.2, 0) is 16.1 Å². The molecule has 2 aliphatic heterocycles. The fourth-order valence-corrected chi connectivity index (χ4v) is 3.62. The zero-order valence-electron chi connectivity index (χ0n) is 16.0. The van der Waals surface area contributed by atoms with Crippen LogP contribution in [0.5, 0.6) is 0 Å². The smallest absolute Gasteiger partial charge is 0.271 e. The van der Waals surface area contributed by atoms with E-state index in [4.69, 9.17) is 0 Å². The molecule has 4 rings (SSSR count). The van der Waals surface area contributed by atoms with Gasteiger partial charge in [0.2, 0.25) is 5.91 Å². The number of aromatic nitrogens is 2. The second-order valence-electron chi connectivity index (χ2n) is 6.94. The van der Waals surface area contributed by atoms with Crippen LogP contribution in [0.3, 0.4) is 0 Å². The predicted molar refractivity (Wildman–Crippen MR) is 101 cm³/mol. The molecule has 30 heavy (non-hydrogen) atoms. The molecule has 1 unspecified atom stereocenters. The Bertz CT molecular complexity index is 1080. The molecule has 0 spiro atoms. The Morgan fingerprint density at radius 3 is 2.70 bits per heavy atom. The Morgan fingerprint density at radius 1 is 1.17 bits per heavy atom. The number of benzene rings is 1. The highest BCUT2D eigenvalue weighted by Crippen LogP contribution is 2.30. The molecule has 1 aromatic heterocycles. The average molecular weight is 407 g/mol. The van der Waals surface area contributed by atoms with E-state index >= 15 is 0 Å². The van der Waals surface area contributed by atoms with Crippen LogP contribution in [0.25, 0.3) is 0 Å². The van der Waals surface area contributed by atoms with Gasteiger partial charge < -0.3 is 5.32 Å². The summed E-state index contributed by atoms with van der Waals surface area (Å²) < 4.78 is 0. The summed E-state index contributed by atoms with van der Waals surface area (Å²) in [6.45, 7) is -0.0115. The van der Waals surface area contributed by atoms with Crippen LogP contribution >= 0.6 is 0 Å². The second-order valence-corrected chi connectivity index (χ2v) is 6.94. The molecular weight excluding hydrogens is 390 g/mol. The highest BCUT2D eigenvalue weighted by Gasteiger charge is 2.46. The number of carbonyl (C=O) groups excluding carboxylic acids is 5. The summed E-state index contributed by atoms with van der Waals surface area (Å²) in [6.07, 6.45) is 4.30. The van der Waals surface area contributed by atoms with Crippen LogP contribution in [0.2, 0.25) is 0 Å². The number of fused-ring (bicyclic) bond motifs is 1. The number of nitrogens with one attached hydrogen (secondary N) is 1. The molecule has 3 heterocycles. The van der Waals surface area contributed by atoms with Gasteiger partial charge in [-0.3, -0.25) is 38.8 Å². The topological polar surface area (TPSA) is 130 Å². The quantitative estimate of drug-likeness (QED) is 0.714. The summed E-state index contributed by atoms with van der Waals surface area (Å²) in [5, 5.41) is 2.65. The molecule has 5 amide bonds. The van der Waals surface area contributed by atoms with Gasteiger partial charge in [0.1, 0.15) is 11.7 Å². The maximum atomic E-state index is 13.1. The number of carbonyl (C=O) groups is 5. The molecule has 1 saturated heterocycles. The van der Waals surface area contributed by atoms with Gasteiger partial charge in [-0.1, -0.05) is 12.1 Å². The molecule has 1 N–H and O–H groups in total. The van der Waals surface area contributed by atoms with Crippen molar-refractivity contribution in [2.75, 3.05) is 7.05 Å². The zero-order valence-corrected chi connectivity index (χ0v) is 16.0. The van der Waals surface area contributed by atoms with Gasteiger partial charge in [0, 0.05) is 32.4 Å². The van der Waals surface area contributed by atoms with E-state index in [1.165, 1.54) is 31.7 Å². The summed E-state index contributed by atoms with van der Waals surface area (Å²) in [5.74, 6) is -2.60. The van der Waals surface area contributed by atoms with Gasteiger partial charge >= 0.3 is 0 Å². The average Bonchev–Trinajstić information content (AvgIpc) is 3.02. The van der Waals surface area contributed by atoms with Crippen molar-refractivity contribution in [3.05, 3.63) is 59.2 Å². The summed E-state index contributed by atoms with van der Waals surface area (Å²) >= 11 is 0. The fraction of sp³-hybridized carbons (Fsp3) is 0.250. The van der Waals surface area contributed by atoms with E-state index in [9.17, 15) is 24.0 Å². The summed E-state index contributed by atoms with van der Waals surface area (Å²) in [6, 6.07) is 3.71. The van der Waals surface area contributed by atoms with Gasteiger partial charge in [0.25, 0.3) is 23.6 Å². The van der Waals surface area contributed by atoms with Crippen LogP contribution in [0.15, 0.2) is 36.8 Å². The first kappa shape index (κ1) is 19.4. The van der Waals surface area contributed by atoms with Crippen LogP contribution in [0.1, 0.15) is 49.6 Å². The largest absolute Gasteiger partial charge is 0.347 e. The number of piperidine rings is 1. The molecule has 0 saturated carbocycles. The Labute approximate surface area is 170 Å². The van der Waals surface area contributed by atoms with Crippen LogP contribution in [0, 0.1) is 0 Å². The number of likely N-dealkylation sites (tertiary alicyclic amines) is 1. The minimum Gasteiger partial charge on any atom is -0.347 e. The van der Waals surface area contributed by atoms with Gasteiger partial charge in [0.15, 0.2) is 0 Å². The molecule has 0 radical (unpaired) electrons. The normalized spacial score (nSPS) is 18.6. The first-order valence-electron chi connectivity index (χ1n) is 9.24. The highest BCUT2D eigenvalue weighted by molar-refractivity contribution is 6.24.